The maximum atomic E-state index is 13.7. The molecule has 186 valence electrons. The van der Waals surface area contributed by atoms with Crippen molar-refractivity contribution in [3.05, 3.63) is 53.3 Å². The monoisotopic (exact) mass is 492 g/mol. The van der Waals surface area contributed by atoms with Gasteiger partial charge in [0.15, 0.2) is 0 Å². The summed E-state index contributed by atoms with van der Waals surface area (Å²) in [5, 5.41) is 12.9. The highest BCUT2D eigenvalue weighted by molar-refractivity contribution is 7.52. The Morgan fingerprint density at radius 2 is 2.00 bits per heavy atom. The number of para-hydroxylation sites is 1. The second-order valence-electron chi connectivity index (χ2n) is 8.37. The van der Waals surface area contributed by atoms with Gasteiger partial charge in [-0.15, -0.1) is 0 Å². The third-order valence-corrected chi connectivity index (χ3v) is 7.27. The fourth-order valence-corrected chi connectivity index (χ4v) is 5.03. The van der Waals surface area contributed by atoms with Crippen LogP contribution in [-0.4, -0.2) is 53.2 Å². The molecule has 1 aromatic carbocycles. The lowest BCUT2D eigenvalue weighted by Crippen LogP contribution is -2.40. The normalized spacial score (nSPS) is 17.6. The van der Waals surface area contributed by atoms with Crippen LogP contribution in [0.2, 0.25) is 0 Å². The van der Waals surface area contributed by atoms with Gasteiger partial charge in [0.1, 0.15) is 23.6 Å². The summed E-state index contributed by atoms with van der Waals surface area (Å²) in [6.07, 6.45) is 2.81. The largest absolute Gasteiger partial charge is 0.506 e. The topological polar surface area (TPSA) is 136 Å². The van der Waals surface area contributed by atoms with Crippen LogP contribution >= 0.6 is 7.75 Å². The quantitative estimate of drug-likeness (QED) is 0.335. The molecule has 3 rings (SSSR count). The molecule has 1 fully saturated rings. The van der Waals surface area contributed by atoms with Crippen LogP contribution in [0.25, 0.3) is 0 Å². The number of hydrogen-bond acceptors (Lipinski definition) is 9. The standard InChI is InChI=1S/C23H33N4O6P/c1-16-22(28)21(13-24)18(14-25-16)15-31-34(30,33-20-7-5-4-6-8-20)26-17(2)23(29)32-19-9-11-27(3)12-10-19/h4-8,14,17,19,28H,9-13,15,24H2,1-3H3,(H,26,30)/t17-,34?/m0/s1. The van der Waals surface area contributed by atoms with Crippen molar-refractivity contribution in [2.45, 2.75) is 52.0 Å². The van der Waals surface area contributed by atoms with Gasteiger partial charge in [0.2, 0.25) is 0 Å². The minimum absolute atomic E-state index is 0.0366. The molecule has 0 bridgehead atoms. The van der Waals surface area contributed by atoms with E-state index in [9.17, 15) is 14.5 Å². The van der Waals surface area contributed by atoms with Crippen molar-refractivity contribution in [3.8, 4) is 11.5 Å². The van der Waals surface area contributed by atoms with Gasteiger partial charge in [-0.1, -0.05) is 18.2 Å². The lowest BCUT2D eigenvalue weighted by atomic mass is 10.1. The number of benzene rings is 1. The summed E-state index contributed by atoms with van der Waals surface area (Å²) in [6.45, 7) is 4.73. The minimum Gasteiger partial charge on any atom is -0.506 e. The van der Waals surface area contributed by atoms with Crippen LogP contribution in [0.1, 0.15) is 36.6 Å². The van der Waals surface area contributed by atoms with Crippen molar-refractivity contribution in [3.63, 3.8) is 0 Å². The van der Waals surface area contributed by atoms with Gasteiger partial charge in [-0.25, -0.2) is 4.57 Å². The number of hydrogen-bond donors (Lipinski definition) is 3. The highest BCUT2D eigenvalue weighted by Crippen LogP contribution is 2.46. The van der Waals surface area contributed by atoms with E-state index in [1.807, 2.05) is 7.05 Å². The van der Waals surface area contributed by atoms with Gasteiger partial charge in [-0.3, -0.25) is 14.3 Å². The van der Waals surface area contributed by atoms with Crippen molar-refractivity contribution < 1.29 is 28.3 Å². The van der Waals surface area contributed by atoms with Gasteiger partial charge >= 0.3 is 13.7 Å². The minimum atomic E-state index is -4.05. The number of carbonyl (C=O) groups excluding carboxylic acids is 1. The smallest absolute Gasteiger partial charge is 0.459 e. The Labute approximate surface area is 200 Å². The number of nitrogens with zero attached hydrogens (tertiary/aromatic N) is 2. The Hall–Kier alpha value is -2.49. The van der Waals surface area contributed by atoms with E-state index in [1.165, 1.54) is 6.20 Å². The van der Waals surface area contributed by atoms with Crippen molar-refractivity contribution in [1.29, 1.82) is 0 Å². The Bertz CT molecular complexity index is 1010. The van der Waals surface area contributed by atoms with Gasteiger partial charge in [-0.2, -0.15) is 5.09 Å². The predicted octanol–water partition coefficient (Wildman–Crippen LogP) is 2.87. The molecule has 0 saturated carbocycles. The first-order chi connectivity index (χ1) is 16.2. The molecule has 0 radical (unpaired) electrons. The molecule has 0 amide bonds. The van der Waals surface area contributed by atoms with E-state index >= 15 is 0 Å². The Balaban J connectivity index is 1.73. The molecule has 34 heavy (non-hydrogen) atoms. The van der Waals surface area contributed by atoms with E-state index in [0.717, 1.165) is 25.9 Å². The Kier molecular flexibility index (Phi) is 9.04. The maximum absolute atomic E-state index is 13.7. The summed E-state index contributed by atoms with van der Waals surface area (Å²) >= 11 is 0. The number of pyridine rings is 1. The number of aryl methyl sites for hydroxylation is 1. The molecule has 1 aliphatic rings. The maximum Gasteiger partial charge on any atom is 0.459 e. The van der Waals surface area contributed by atoms with Crippen LogP contribution in [-0.2, 0) is 31.8 Å². The summed E-state index contributed by atoms with van der Waals surface area (Å²) in [5.74, 6) is -0.268. The lowest BCUT2D eigenvalue weighted by Gasteiger charge is -2.30. The number of aromatic hydroxyl groups is 1. The number of ether oxygens (including phenoxy) is 1. The van der Waals surface area contributed by atoms with Crippen LogP contribution < -0.4 is 15.3 Å². The molecule has 2 atom stereocenters. The molecule has 1 unspecified atom stereocenters. The van der Waals surface area contributed by atoms with E-state index in [0.29, 0.717) is 22.6 Å². The number of nitrogens with two attached hydrogens (primary N) is 1. The van der Waals surface area contributed by atoms with E-state index in [4.69, 9.17) is 19.5 Å². The second kappa shape index (κ2) is 11.8. The van der Waals surface area contributed by atoms with Crippen LogP contribution in [0, 0.1) is 6.92 Å². The van der Waals surface area contributed by atoms with E-state index in [-0.39, 0.29) is 25.0 Å². The lowest BCUT2D eigenvalue weighted by molar-refractivity contribution is -0.152. The van der Waals surface area contributed by atoms with Gasteiger partial charge < -0.3 is 25.0 Å². The van der Waals surface area contributed by atoms with Crippen molar-refractivity contribution >= 4 is 13.7 Å². The SMILES string of the molecule is Cc1ncc(COP(=O)(N[C@@H](C)C(=O)OC2CCN(C)CC2)Oc2ccccc2)c(CN)c1O. The zero-order valence-corrected chi connectivity index (χ0v) is 20.7. The molecule has 1 aliphatic heterocycles. The van der Waals surface area contributed by atoms with Crippen LogP contribution in [0.5, 0.6) is 11.5 Å². The number of esters is 1. The van der Waals surface area contributed by atoms with Crippen LogP contribution in [0.15, 0.2) is 36.5 Å². The number of rotatable bonds is 10. The summed E-state index contributed by atoms with van der Waals surface area (Å²) in [5.41, 5.74) is 7.11. The molecule has 11 heteroatoms. The van der Waals surface area contributed by atoms with Crippen LogP contribution in [0.3, 0.4) is 0 Å². The first-order valence-electron chi connectivity index (χ1n) is 11.2. The molecule has 4 N–H and O–H groups in total. The molecule has 2 heterocycles. The first kappa shape index (κ1) is 26.1. The summed E-state index contributed by atoms with van der Waals surface area (Å²) < 4.78 is 30.6. The third-order valence-electron chi connectivity index (χ3n) is 5.65. The Morgan fingerprint density at radius 1 is 1.32 bits per heavy atom. The second-order valence-corrected chi connectivity index (χ2v) is 10.1. The van der Waals surface area contributed by atoms with Gasteiger partial charge in [-0.05, 0) is 45.9 Å². The molecule has 0 aliphatic carbocycles. The van der Waals surface area contributed by atoms with Gasteiger partial charge in [0.05, 0.1) is 12.3 Å². The summed E-state index contributed by atoms with van der Waals surface area (Å²) in [4.78, 5) is 19.0. The zero-order chi connectivity index (χ0) is 24.7. The van der Waals surface area contributed by atoms with E-state index in [2.05, 4.69) is 15.0 Å². The van der Waals surface area contributed by atoms with Gasteiger partial charge in [0.25, 0.3) is 0 Å². The van der Waals surface area contributed by atoms with Gasteiger partial charge in [0, 0.05) is 37.0 Å². The molecule has 10 nitrogen and oxygen atoms in total. The third kappa shape index (κ3) is 7.01. The number of nitrogens with one attached hydrogen (secondary N) is 1. The number of piperidine rings is 1. The van der Waals surface area contributed by atoms with Crippen LogP contribution in [0.4, 0.5) is 0 Å². The molecular formula is C23H33N4O6P. The highest BCUT2D eigenvalue weighted by atomic mass is 31.2. The fraction of sp³-hybridized carbons (Fsp3) is 0.478. The summed E-state index contributed by atoms with van der Waals surface area (Å²) in [6, 6.07) is 7.56. The van der Waals surface area contributed by atoms with Crippen molar-refractivity contribution in [2.75, 3.05) is 20.1 Å². The van der Waals surface area contributed by atoms with Crippen molar-refractivity contribution in [1.82, 2.24) is 15.0 Å². The Morgan fingerprint density at radius 3 is 2.65 bits per heavy atom. The van der Waals surface area contributed by atoms with E-state index < -0.39 is 19.8 Å². The van der Waals surface area contributed by atoms with E-state index in [1.54, 1.807) is 44.2 Å². The molecule has 2 aromatic rings. The zero-order valence-electron chi connectivity index (χ0n) is 19.8. The molecule has 0 spiro atoms. The average molecular weight is 493 g/mol. The highest BCUT2D eigenvalue weighted by Gasteiger charge is 2.34. The molecule has 1 aromatic heterocycles. The predicted molar refractivity (Wildman–Crippen MR) is 127 cm³/mol. The van der Waals surface area contributed by atoms with Crippen molar-refractivity contribution in [2.24, 2.45) is 5.73 Å². The summed E-state index contributed by atoms with van der Waals surface area (Å²) in [7, 11) is -2.02. The molecular weight excluding hydrogens is 459 g/mol. The first-order valence-corrected chi connectivity index (χ1v) is 12.8. The number of carbonyl (C=O) groups is 1. The number of likely N-dealkylation sites (tertiary alicyclic amines) is 1. The fourth-order valence-electron chi connectivity index (χ4n) is 3.56. The number of aromatic nitrogens is 1. The molecule has 1 saturated heterocycles. The average Bonchev–Trinajstić information content (AvgIpc) is 2.82.